The summed E-state index contributed by atoms with van der Waals surface area (Å²) in [4.78, 5) is 24.4. The third-order valence-corrected chi connectivity index (χ3v) is 4.74. The van der Waals surface area contributed by atoms with Gasteiger partial charge in [-0.1, -0.05) is 34.8 Å². The monoisotopic (exact) mass is 381 g/mol. The van der Waals surface area contributed by atoms with Gasteiger partial charge >= 0.3 is 5.97 Å². The molecule has 0 bridgehead atoms. The van der Waals surface area contributed by atoms with Crippen LogP contribution in [0.2, 0.25) is 0 Å². The summed E-state index contributed by atoms with van der Waals surface area (Å²) in [5.41, 5.74) is 1.51. The third kappa shape index (κ3) is 3.26. The first kappa shape index (κ1) is 17.2. The minimum atomic E-state index is -0.610. The second-order valence-electron chi connectivity index (χ2n) is 5.82. The lowest BCUT2D eigenvalue weighted by Crippen LogP contribution is -2.16. The highest BCUT2D eigenvalue weighted by molar-refractivity contribution is 7.10. The number of hydrogen-bond acceptors (Lipinski definition) is 7. The third-order valence-electron chi connectivity index (χ3n) is 4.10. The minimum absolute atomic E-state index is 0.0118. The van der Waals surface area contributed by atoms with Gasteiger partial charge in [0.1, 0.15) is 5.58 Å². The molecule has 4 rings (SSSR count). The van der Waals surface area contributed by atoms with Crippen molar-refractivity contribution in [2.24, 2.45) is 0 Å². The number of carbonyl (C=O) groups excluding carboxylic acids is 2. The Bertz CT molecular complexity index is 1150. The molecule has 2 aromatic carbocycles. The van der Waals surface area contributed by atoms with Gasteiger partial charge in [0.15, 0.2) is 5.00 Å². The van der Waals surface area contributed by atoms with E-state index in [2.05, 4.69) is 14.9 Å². The van der Waals surface area contributed by atoms with Crippen molar-refractivity contribution in [2.45, 2.75) is 13.3 Å². The van der Waals surface area contributed by atoms with Crippen molar-refractivity contribution < 1.29 is 18.7 Å². The molecule has 2 aromatic heterocycles. The number of rotatable bonds is 5. The number of amides is 1. The number of nitrogens with one attached hydrogen (secondary N) is 1. The highest BCUT2D eigenvalue weighted by Gasteiger charge is 2.20. The summed E-state index contributed by atoms with van der Waals surface area (Å²) < 4.78 is 14.3. The maximum atomic E-state index is 12.5. The van der Waals surface area contributed by atoms with Crippen molar-refractivity contribution in [3.8, 4) is 0 Å². The van der Waals surface area contributed by atoms with Crippen molar-refractivity contribution in [2.75, 3.05) is 11.9 Å². The number of fused-ring (bicyclic) bond motifs is 3. The molecule has 0 spiro atoms. The quantitative estimate of drug-likeness (QED) is 0.529. The predicted octanol–water partition coefficient (Wildman–Crippen LogP) is 3.80. The minimum Gasteiger partial charge on any atom is -0.464 e. The number of nitrogens with zero attached hydrogens (tertiary/aromatic N) is 2. The van der Waals surface area contributed by atoms with E-state index < -0.39 is 5.97 Å². The zero-order chi connectivity index (χ0) is 18.8. The SMILES string of the molecule is CCOC(=O)c1nnsc1NC(=O)Cc1coc2ccc3ccccc3c12. The van der Waals surface area contributed by atoms with E-state index in [1.807, 2.05) is 36.4 Å². The summed E-state index contributed by atoms with van der Waals surface area (Å²) in [5, 5.41) is 9.72. The number of ether oxygens (including phenoxy) is 1. The summed E-state index contributed by atoms with van der Waals surface area (Å²) in [6.07, 6.45) is 1.69. The van der Waals surface area contributed by atoms with Crippen molar-refractivity contribution >= 4 is 50.2 Å². The number of furan rings is 1. The van der Waals surface area contributed by atoms with E-state index in [4.69, 9.17) is 9.15 Å². The van der Waals surface area contributed by atoms with E-state index >= 15 is 0 Å². The van der Waals surface area contributed by atoms with Crippen LogP contribution in [0.3, 0.4) is 0 Å². The van der Waals surface area contributed by atoms with Crippen LogP contribution in [0.5, 0.6) is 0 Å². The molecule has 0 unspecified atom stereocenters. The van der Waals surface area contributed by atoms with Crippen LogP contribution in [0.4, 0.5) is 5.00 Å². The molecule has 1 N–H and O–H groups in total. The lowest BCUT2D eigenvalue weighted by Gasteiger charge is -2.04. The molecule has 136 valence electrons. The summed E-state index contributed by atoms with van der Waals surface area (Å²) in [7, 11) is 0. The Morgan fingerprint density at radius 3 is 2.93 bits per heavy atom. The lowest BCUT2D eigenvalue weighted by molar-refractivity contribution is -0.115. The first-order valence-electron chi connectivity index (χ1n) is 8.34. The summed E-state index contributed by atoms with van der Waals surface area (Å²) in [5.74, 6) is -0.900. The Hall–Kier alpha value is -3.26. The zero-order valence-electron chi connectivity index (χ0n) is 14.4. The molecular formula is C19H15N3O4S. The number of anilines is 1. The van der Waals surface area contributed by atoms with Crippen LogP contribution in [0.25, 0.3) is 21.7 Å². The zero-order valence-corrected chi connectivity index (χ0v) is 15.2. The first-order chi connectivity index (χ1) is 13.2. The fraction of sp³-hybridized carbons (Fsp3) is 0.158. The van der Waals surface area contributed by atoms with Gasteiger partial charge < -0.3 is 14.5 Å². The summed E-state index contributed by atoms with van der Waals surface area (Å²) in [6, 6.07) is 11.8. The van der Waals surface area contributed by atoms with Gasteiger partial charge in [0, 0.05) is 22.5 Å². The number of carbonyl (C=O) groups is 2. The number of benzene rings is 2. The van der Waals surface area contributed by atoms with E-state index in [-0.39, 0.29) is 29.6 Å². The van der Waals surface area contributed by atoms with Crippen LogP contribution in [-0.4, -0.2) is 28.1 Å². The van der Waals surface area contributed by atoms with E-state index in [9.17, 15) is 9.59 Å². The van der Waals surface area contributed by atoms with Gasteiger partial charge in [-0.2, -0.15) is 0 Å². The molecule has 0 aliphatic rings. The number of hydrogen-bond donors (Lipinski definition) is 1. The smallest absolute Gasteiger partial charge is 0.362 e. The van der Waals surface area contributed by atoms with Crippen molar-refractivity contribution in [3.63, 3.8) is 0 Å². The molecule has 0 atom stereocenters. The Kier molecular flexibility index (Phi) is 4.55. The molecule has 0 radical (unpaired) electrons. The summed E-state index contributed by atoms with van der Waals surface area (Å²) in [6.45, 7) is 1.92. The van der Waals surface area contributed by atoms with E-state index in [0.717, 1.165) is 38.8 Å². The van der Waals surface area contributed by atoms with Crippen molar-refractivity contribution in [1.82, 2.24) is 9.59 Å². The largest absolute Gasteiger partial charge is 0.464 e. The molecule has 0 aliphatic heterocycles. The van der Waals surface area contributed by atoms with E-state index in [1.165, 1.54) is 0 Å². The second kappa shape index (κ2) is 7.16. The van der Waals surface area contributed by atoms with Crippen LogP contribution in [-0.2, 0) is 16.0 Å². The molecule has 1 amide bonds. The molecule has 4 aromatic rings. The maximum Gasteiger partial charge on any atom is 0.362 e. The average Bonchev–Trinajstić information content (AvgIpc) is 3.29. The molecule has 0 saturated carbocycles. The first-order valence-corrected chi connectivity index (χ1v) is 9.12. The van der Waals surface area contributed by atoms with Gasteiger partial charge in [-0.15, -0.1) is 5.10 Å². The number of aromatic nitrogens is 2. The van der Waals surface area contributed by atoms with E-state index in [0.29, 0.717) is 0 Å². The molecule has 27 heavy (non-hydrogen) atoms. The average molecular weight is 381 g/mol. The molecule has 0 fully saturated rings. The molecule has 7 nitrogen and oxygen atoms in total. The fourth-order valence-electron chi connectivity index (χ4n) is 2.95. The Labute approximate surface area is 158 Å². The van der Waals surface area contributed by atoms with Gasteiger partial charge in [-0.25, -0.2) is 4.79 Å². The molecule has 2 heterocycles. The molecular weight excluding hydrogens is 366 g/mol. The van der Waals surface area contributed by atoms with E-state index in [1.54, 1.807) is 13.2 Å². The molecule has 0 saturated heterocycles. The predicted molar refractivity (Wildman–Crippen MR) is 102 cm³/mol. The van der Waals surface area contributed by atoms with Crippen LogP contribution in [0.1, 0.15) is 23.0 Å². The Balaban J connectivity index is 1.60. The fourth-order valence-corrected chi connectivity index (χ4v) is 3.53. The van der Waals surface area contributed by atoms with Gasteiger partial charge in [0.25, 0.3) is 0 Å². The highest BCUT2D eigenvalue weighted by atomic mass is 32.1. The van der Waals surface area contributed by atoms with Gasteiger partial charge in [-0.05, 0) is 23.8 Å². The van der Waals surface area contributed by atoms with Gasteiger partial charge in [0.05, 0.1) is 19.3 Å². The van der Waals surface area contributed by atoms with Crippen molar-refractivity contribution in [1.29, 1.82) is 0 Å². The highest BCUT2D eigenvalue weighted by Crippen LogP contribution is 2.30. The van der Waals surface area contributed by atoms with Gasteiger partial charge in [0.2, 0.25) is 11.6 Å². The Morgan fingerprint density at radius 1 is 1.22 bits per heavy atom. The topological polar surface area (TPSA) is 94.3 Å². The number of esters is 1. The van der Waals surface area contributed by atoms with Crippen LogP contribution >= 0.6 is 11.5 Å². The second-order valence-corrected chi connectivity index (χ2v) is 6.57. The van der Waals surface area contributed by atoms with Crippen LogP contribution in [0.15, 0.2) is 47.1 Å². The lowest BCUT2D eigenvalue weighted by atomic mass is 10.0. The standard InChI is InChI=1S/C19H15N3O4S/c1-2-25-19(24)17-18(27-22-21-17)20-15(23)9-12-10-26-14-8-7-11-5-3-4-6-13(11)16(12)14/h3-8,10H,2,9H2,1H3,(H,20,23). The Morgan fingerprint density at radius 2 is 2.07 bits per heavy atom. The maximum absolute atomic E-state index is 12.5. The van der Waals surface area contributed by atoms with Crippen molar-refractivity contribution in [3.05, 3.63) is 53.9 Å². The van der Waals surface area contributed by atoms with Gasteiger partial charge in [-0.3, -0.25) is 4.79 Å². The summed E-state index contributed by atoms with van der Waals surface area (Å²) >= 11 is 0.934. The van der Waals surface area contributed by atoms with Crippen LogP contribution < -0.4 is 5.32 Å². The molecule has 0 aliphatic carbocycles. The molecule has 8 heteroatoms. The normalized spacial score (nSPS) is 11.0. The van der Waals surface area contributed by atoms with Crippen LogP contribution in [0, 0.1) is 0 Å².